The Balaban J connectivity index is 1.62. The van der Waals surface area contributed by atoms with Crippen LogP contribution < -0.4 is 9.62 Å². The van der Waals surface area contributed by atoms with Gasteiger partial charge in [0.15, 0.2) is 6.61 Å². The summed E-state index contributed by atoms with van der Waals surface area (Å²) in [4.78, 5) is 24.4. The number of hydrogen-bond acceptors (Lipinski definition) is 5. The lowest BCUT2D eigenvalue weighted by Gasteiger charge is -2.23. The molecule has 0 heterocycles. The third kappa shape index (κ3) is 6.55. The Kier molecular flexibility index (Phi) is 8.59. The maximum atomic E-state index is 13.3. The monoisotopic (exact) mass is 478 g/mol. The molecule has 0 saturated heterocycles. The van der Waals surface area contributed by atoms with Gasteiger partial charge >= 0.3 is 5.97 Å². The van der Waals surface area contributed by atoms with E-state index in [4.69, 9.17) is 4.74 Å². The van der Waals surface area contributed by atoms with Crippen LogP contribution in [0.1, 0.15) is 15.9 Å². The molecule has 0 aliphatic rings. The quantitative estimate of drug-likeness (QED) is 0.336. The molecule has 0 radical (unpaired) electrons. The summed E-state index contributed by atoms with van der Waals surface area (Å²) in [6, 6.07) is 23.8. The molecule has 0 spiro atoms. The van der Waals surface area contributed by atoms with Gasteiger partial charge in [-0.25, -0.2) is 13.2 Å². The maximum absolute atomic E-state index is 13.3. The summed E-state index contributed by atoms with van der Waals surface area (Å²) < 4.78 is 32.8. The third-order valence-electron chi connectivity index (χ3n) is 4.91. The number of carbonyl (C=O) groups excluding carboxylic acids is 2. The predicted molar refractivity (Wildman–Crippen MR) is 131 cm³/mol. The van der Waals surface area contributed by atoms with Crippen LogP contribution in [-0.4, -0.2) is 40.0 Å². The van der Waals surface area contributed by atoms with Crippen LogP contribution in [0.25, 0.3) is 0 Å². The molecule has 0 aromatic heterocycles. The van der Waals surface area contributed by atoms with Crippen LogP contribution in [0.2, 0.25) is 0 Å². The highest BCUT2D eigenvalue weighted by Gasteiger charge is 2.25. The average Bonchev–Trinajstić information content (AvgIpc) is 2.87. The third-order valence-corrected chi connectivity index (χ3v) is 6.70. The van der Waals surface area contributed by atoms with Gasteiger partial charge in [0.25, 0.3) is 15.9 Å². The molecule has 1 amide bonds. The van der Waals surface area contributed by atoms with Gasteiger partial charge in [0.1, 0.15) is 0 Å². The van der Waals surface area contributed by atoms with Crippen LogP contribution in [0.4, 0.5) is 5.69 Å². The summed E-state index contributed by atoms with van der Waals surface area (Å²) in [5.41, 5.74) is 1.59. The van der Waals surface area contributed by atoms with E-state index in [-0.39, 0.29) is 17.0 Å². The first-order valence-corrected chi connectivity index (χ1v) is 12.1. The number of sulfonamides is 1. The summed E-state index contributed by atoms with van der Waals surface area (Å²) in [5.74, 6) is -1.22. The van der Waals surface area contributed by atoms with Gasteiger partial charge in [-0.15, -0.1) is 6.58 Å². The second-order valence-electron chi connectivity index (χ2n) is 7.35. The largest absolute Gasteiger partial charge is 0.452 e. The number of para-hydroxylation sites is 1. The zero-order valence-electron chi connectivity index (χ0n) is 18.6. The Morgan fingerprint density at radius 1 is 0.941 bits per heavy atom. The molecule has 3 rings (SSSR count). The lowest BCUT2D eigenvalue weighted by Crippen LogP contribution is -2.31. The highest BCUT2D eigenvalue weighted by atomic mass is 32.2. The average molecular weight is 479 g/mol. The van der Waals surface area contributed by atoms with Crippen LogP contribution in [0.5, 0.6) is 0 Å². The van der Waals surface area contributed by atoms with Crippen LogP contribution in [-0.2, 0) is 26.0 Å². The van der Waals surface area contributed by atoms with Gasteiger partial charge in [0.2, 0.25) is 0 Å². The van der Waals surface area contributed by atoms with Gasteiger partial charge in [0.05, 0.1) is 22.7 Å². The highest BCUT2D eigenvalue weighted by Crippen LogP contribution is 2.24. The van der Waals surface area contributed by atoms with Crippen molar-refractivity contribution in [3.8, 4) is 0 Å². The smallest absolute Gasteiger partial charge is 0.338 e. The zero-order chi connectivity index (χ0) is 24.4. The van der Waals surface area contributed by atoms with E-state index in [1.165, 1.54) is 34.6 Å². The number of anilines is 1. The molecule has 0 saturated carbocycles. The zero-order valence-corrected chi connectivity index (χ0v) is 19.4. The Labute approximate surface area is 199 Å². The predicted octanol–water partition coefficient (Wildman–Crippen LogP) is 3.58. The summed E-state index contributed by atoms with van der Waals surface area (Å²) in [5, 5.41) is 2.69. The molecule has 3 aromatic carbocycles. The molecule has 0 aliphatic heterocycles. The number of benzene rings is 3. The Hall–Kier alpha value is -3.91. The van der Waals surface area contributed by atoms with E-state index in [2.05, 4.69) is 11.9 Å². The lowest BCUT2D eigenvalue weighted by atomic mass is 10.1. The molecule has 1 N–H and O–H groups in total. The fourth-order valence-corrected chi connectivity index (χ4v) is 4.70. The van der Waals surface area contributed by atoms with Gasteiger partial charge < -0.3 is 10.1 Å². The van der Waals surface area contributed by atoms with Crippen molar-refractivity contribution in [3.05, 3.63) is 109 Å². The minimum atomic E-state index is -3.97. The van der Waals surface area contributed by atoms with Crippen molar-refractivity contribution < 1.29 is 22.7 Å². The molecule has 0 unspecified atom stereocenters. The number of hydrogen-bond donors (Lipinski definition) is 1. The van der Waals surface area contributed by atoms with Crippen LogP contribution in [0, 0.1) is 0 Å². The second-order valence-corrected chi connectivity index (χ2v) is 9.21. The van der Waals surface area contributed by atoms with Crippen molar-refractivity contribution in [3.63, 3.8) is 0 Å². The van der Waals surface area contributed by atoms with Crippen LogP contribution >= 0.6 is 0 Å². The SMILES string of the molecule is C=CCN(c1ccccc1)S(=O)(=O)c1cccc(C(=O)OCC(=O)NCCc2ccccc2)c1. The van der Waals surface area contributed by atoms with E-state index >= 15 is 0 Å². The van der Waals surface area contributed by atoms with Crippen LogP contribution in [0.3, 0.4) is 0 Å². The number of amides is 1. The number of esters is 1. The number of nitrogens with one attached hydrogen (secondary N) is 1. The Morgan fingerprint density at radius 3 is 2.29 bits per heavy atom. The van der Waals surface area contributed by atoms with Crippen molar-refractivity contribution in [1.82, 2.24) is 5.32 Å². The number of carbonyl (C=O) groups is 2. The molecule has 0 bridgehead atoms. The molecule has 0 fully saturated rings. The van der Waals surface area contributed by atoms with E-state index < -0.39 is 28.5 Å². The van der Waals surface area contributed by atoms with E-state index in [1.807, 2.05) is 30.3 Å². The Morgan fingerprint density at radius 2 is 1.62 bits per heavy atom. The topological polar surface area (TPSA) is 92.8 Å². The van der Waals surface area contributed by atoms with Gasteiger partial charge in [-0.2, -0.15) is 0 Å². The lowest BCUT2D eigenvalue weighted by molar-refractivity contribution is -0.124. The molecule has 34 heavy (non-hydrogen) atoms. The summed E-state index contributed by atoms with van der Waals surface area (Å²) in [6.07, 6.45) is 2.14. The molecule has 3 aromatic rings. The van der Waals surface area contributed by atoms with E-state index in [0.29, 0.717) is 18.7 Å². The molecule has 0 atom stereocenters. The summed E-state index contributed by atoms with van der Waals surface area (Å²) >= 11 is 0. The van der Waals surface area contributed by atoms with Crippen LogP contribution in [0.15, 0.2) is 102 Å². The molecular weight excluding hydrogens is 452 g/mol. The molecule has 7 nitrogen and oxygen atoms in total. The first-order valence-electron chi connectivity index (χ1n) is 10.7. The van der Waals surface area contributed by atoms with E-state index in [0.717, 1.165) is 5.56 Å². The molecular formula is C26H26N2O5S. The second kappa shape index (κ2) is 11.8. The van der Waals surface area contributed by atoms with Crippen molar-refractivity contribution in [2.45, 2.75) is 11.3 Å². The fourth-order valence-electron chi connectivity index (χ4n) is 3.22. The minimum Gasteiger partial charge on any atom is -0.452 e. The van der Waals surface area contributed by atoms with Crippen molar-refractivity contribution in [2.75, 3.05) is 24.0 Å². The van der Waals surface area contributed by atoms with E-state index in [9.17, 15) is 18.0 Å². The summed E-state index contributed by atoms with van der Waals surface area (Å²) in [6.45, 7) is 3.65. The number of rotatable bonds is 11. The molecule has 8 heteroatoms. The Bertz CT molecular complexity index is 1230. The van der Waals surface area contributed by atoms with Crippen molar-refractivity contribution in [1.29, 1.82) is 0 Å². The first-order chi connectivity index (χ1) is 16.4. The number of nitrogens with zero attached hydrogens (tertiary/aromatic N) is 1. The number of ether oxygens (including phenoxy) is 1. The normalized spacial score (nSPS) is 10.8. The van der Waals surface area contributed by atoms with Gasteiger partial charge in [-0.05, 0) is 42.3 Å². The van der Waals surface area contributed by atoms with Crippen molar-refractivity contribution in [2.24, 2.45) is 0 Å². The van der Waals surface area contributed by atoms with E-state index in [1.54, 1.807) is 30.3 Å². The summed E-state index contributed by atoms with van der Waals surface area (Å²) in [7, 11) is -3.97. The fraction of sp³-hybridized carbons (Fsp3) is 0.154. The van der Waals surface area contributed by atoms with Crippen molar-refractivity contribution >= 4 is 27.6 Å². The van der Waals surface area contributed by atoms with Gasteiger partial charge in [-0.1, -0.05) is 60.7 Å². The van der Waals surface area contributed by atoms with Gasteiger partial charge in [-0.3, -0.25) is 9.10 Å². The first kappa shape index (κ1) is 24.7. The minimum absolute atomic E-state index is 0.0322. The molecule has 176 valence electrons. The van der Waals surface area contributed by atoms with Gasteiger partial charge in [0, 0.05) is 6.54 Å². The molecule has 0 aliphatic carbocycles. The highest BCUT2D eigenvalue weighted by molar-refractivity contribution is 7.92. The maximum Gasteiger partial charge on any atom is 0.338 e. The standard InChI is InChI=1S/C26H26N2O5S/c1-2-18-28(23-13-7-4-8-14-23)34(31,32)24-15-9-12-22(19-24)26(30)33-20-25(29)27-17-16-21-10-5-3-6-11-21/h2-15,19H,1,16-18,20H2,(H,27,29).